The van der Waals surface area contributed by atoms with E-state index in [0.717, 1.165) is 42.5 Å². The van der Waals surface area contributed by atoms with Crippen molar-refractivity contribution in [3.8, 4) is 0 Å². The van der Waals surface area contributed by atoms with E-state index in [-0.39, 0.29) is 0 Å². The number of morpholine rings is 1. The second-order valence-corrected chi connectivity index (χ2v) is 5.63. The molecule has 0 saturated carbocycles. The summed E-state index contributed by atoms with van der Waals surface area (Å²) in [5.41, 5.74) is 0. The Morgan fingerprint density at radius 3 is 3.00 bits per heavy atom. The molecule has 0 spiro atoms. The zero-order valence-electron chi connectivity index (χ0n) is 12.7. The van der Waals surface area contributed by atoms with Gasteiger partial charge in [0.05, 0.1) is 18.1 Å². The molecule has 2 heterocycles. The molecule has 1 atom stereocenters. The molecule has 1 fully saturated rings. The van der Waals surface area contributed by atoms with Gasteiger partial charge in [0.25, 0.3) is 0 Å². The number of aromatic nitrogens is 2. The third kappa shape index (κ3) is 3.31. The predicted octanol–water partition coefficient (Wildman–Crippen LogP) is 1.43. The number of aromatic amines is 1. The quantitative estimate of drug-likeness (QED) is 0.904. The molecule has 1 saturated heterocycles. The van der Waals surface area contributed by atoms with Gasteiger partial charge in [-0.2, -0.15) is 5.10 Å². The lowest BCUT2D eigenvalue weighted by Gasteiger charge is -2.33. The van der Waals surface area contributed by atoms with Crippen LogP contribution in [0.15, 0.2) is 12.7 Å². The zero-order chi connectivity index (χ0) is 14.5. The number of allylic oxidation sites excluding steroid dienone is 1. The van der Waals surface area contributed by atoms with Crippen LogP contribution in [-0.2, 0) is 4.74 Å². The first-order chi connectivity index (χ1) is 9.65. The van der Waals surface area contributed by atoms with Crippen LogP contribution in [-0.4, -0.2) is 36.0 Å². The molecule has 0 aromatic carbocycles. The monoisotopic (exact) mass is 275 g/mol. The Labute approximate surface area is 120 Å². The SMILES string of the molecule is C=C/C=c1/c(N2CCOC(CC(C)C)C2)n[nH]/c1=C/C. The summed E-state index contributed by atoms with van der Waals surface area (Å²) in [7, 11) is 0. The number of hydrogen-bond donors (Lipinski definition) is 1. The Bertz CT molecular complexity index is 559. The summed E-state index contributed by atoms with van der Waals surface area (Å²) < 4.78 is 5.86. The summed E-state index contributed by atoms with van der Waals surface area (Å²) in [6, 6.07) is 0. The third-order valence-corrected chi connectivity index (χ3v) is 3.56. The summed E-state index contributed by atoms with van der Waals surface area (Å²) in [5.74, 6) is 1.66. The van der Waals surface area contributed by atoms with Gasteiger partial charge < -0.3 is 9.64 Å². The Balaban J connectivity index is 2.26. The van der Waals surface area contributed by atoms with E-state index >= 15 is 0 Å². The standard InChI is InChI=1S/C16H25N3O/c1-5-7-14-15(6-2)17-18-16(14)19-8-9-20-13(11-19)10-12(3)4/h5-7,12-13,17H,1,8-11H2,2-4H3/b14-7+,15-6+. The molecule has 20 heavy (non-hydrogen) atoms. The number of H-pyrrole nitrogens is 1. The highest BCUT2D eigenvalue weighted by atomic mass is 16.5. The lowest BCUT2D eigenvalue weighted by atomic mass is 10.0. The molecular formula is C16H25N3O. The summed E-state index contributed by atoms with van der Waals surface area (Å²) in [5, 5.41) is 9.74. The highest BCUT2D eigenvalue weighted by Crippen LogP contribution is 2.16. The van der Waals surface area contributed by atoms with E-state index in [0.29, 0.717) is 12.0 Å². The second-order valence-electron chi connectivity index (χ2n) is 5.63. The average Bonchev–Trinajstić information content (AvgIpc) is 2.82. The van der Waals surface area contributed by atoms with E-state index in [2.05, 4.69) is 35.5 Å². The van der Waals surface area contributed by atoms with E-state index in [1.165, 1.54) is 0 Å². The van der Waals surface area contributed by atoms with Gasteiger partial charge in [0.1, 0.15) is 0 Å². The van der Waals surface area contributed by atoms with Crippen molar-refractivity contribution in [3.05, 3.63) is 23.2 Å². The Morgan fingerprint density at radius 2 is 2.35 bits per heavy atom. The largest absolute Gasteiger partial charge is 0.375 e. The molecule has 1 aromatic rings. The zero-order valence-corrected chi connectivity index (χ0v) is 12.7. The van der Waals surface area contributed by atoms with E-state index in [1.54, 1.807) is 0 Å². The van der Waals surface area contributed by atoms with Gasteiger partial charge in [-0.05, 0) is 25.3 Å². The molecule has 0 radical (unpaired) electrons. The number of nitrogens with one attached hydrogen (secondary N) is 1. The molecular weight excluding hydrogens is 250 g/mol. The number of anilines is 1. The number of ether oxygens (including phenoxy) is 1. The molecule has 1 N–H and O–H groups in total. The fourth-order valence-corrected chi connectivity index (χ4v) is 2.68. The molecule has 1 aromatic heterocycles. The lowest BCUT2D eigenvalue weighted by molar-refractivity contribution is 0.0273. The lowest BCUT2D eigenvalue weighted by Crippen LogP contribution is -2.45. The molecule has 2 rings (SSSR count). The highest BCUT2D eigenvalue weighted by molar-refractivity contribution is 5.50. The van der Waals surface area contributed by atoms with Crippen molar-refractivity contribution in [2.45, 2.75) is 33.3 Å². The van der Waals surface area contributed by atoms with E-state index in [9.17, 15) is 0 Å². The topological polar surface area (TPSA) is 41.1 Å². The fourth-order valence-electron chi connectivity index (χ4n) is 2.68. The maximum absolute atomic E-state index is 5.86. The average molecular weight is 275 g/mol. The van der Waals surface area contributed by atoms with Gasteiger partial charge in [-0.3, -0.25) is 5.10 Å². The Hall–Kier alpha value is -1.55. The first kappa shape index (κ1) is 14.9. The second kappa shape index (κ2) is 6.75. The Morgan fingerprint density at radius 1 is 1.55 bits per heavy atom. The maximum atomic E-state index is 5.86. The molecule has 0 bridgehead atoms. The molecule has 4 nitrogen and oxygen atoms in total. The number of nitrogens with zero attached hydrogens (tertiary/aromatic N) is 2. The van der Waals surface area contributed by atoms with Crippen LogP contribution in [0.25, 0.3) is 12.2 Å². The van der Waals surface area contributed by atoms with Crippen molar-refractivity contribution in [2.75, 3.05) is 24.6 Å². The highest BCUT2D eigenvalue weighted by Gasteiger charge is 2.23. The van der Waals surface area contributed by atoms with Crippen LogP contribution in [0.2, 0.25) is 0 Å². The minimum atomic E-state index is 0.297. The molecule has 4 heteroatoms. The molecule has 1 aliphatic rings. The van der Waals surface area contributed by atoms with Crippen LogP contribution in [0.4, 0.5) is 5.82 Å². The first-order valence-electron chi connectivity index (χ1n) is 7.35. The summed E-state index contributed by atoms with van der Waals surface area (Å²) in [6.07, 6.45) is 7.26. The van der Waals surface area contributed by atoms with Gasteiger partial charge in [0.15, 0.2) is 5.82 Å². The smallest absolute Gasteiger partial charge is 0.158 e. The van der Waals surface area contributed by atoms with Crippen LogP contribution in [0.3, 0.4) is 0 Å². The van der Waals surface area contributed by atoms with E-state index < -0.39 is 0 Å². The van der Waals surface area contributed by atoms with E-state index in [1.807, 2.05) is 25.2 Å². The fraction of sp³-hybridized carbons (Fsp3) is 0.562. The van der Waals surface area contributed by atoms with Crippen LogP contribution in [0.5, 0.6) is 0 Å². The van der Waals surface area contributed by atoms with Gasteiger partial charge in [-0.25, -0.2) is 0 Å². The molecule has 110 valence electrons. The van der Waals surface area contributed by atoms with Gasteiger partial charge in [0, 0.05) is 18.3 Å². The molecule has 1 aliphatic heterocycles. The van der Waals surface area contributed by atoms with Crippen molar-refractivity contribution in [2.24, 2.45) is 5.92 Å². The first-order valence-corrected chi connectivity index (χ1v) is 7.35. The van der Waals surface area contributed by atoms with Gasteiger partial charge >= 0.3 is 0 Å². The van der Waals surface area contributed by atoms with Gasteiger partial charge in [0.2, 0.25) is 0 Å². The van der Waals surface area contributed by atoms with Crippen molar-refractivity contribution >= 4 is 18.0 Å². The van der Waals surface area contributed by atoms with Crippen LogP contribution in [0, 0.1) is 5.92 Å². The number of hydrogen-bond acceptors (Lipinski definition) is 3. The number of rotatable bonds is 4. The van der Waals surface area contributed by atoms with Gasteiger partial charge in [-0.1, -0.05) is 32.6 Å². The van der Waals surface area contributed by atoms with E-state index in [4.69, 9.17) is 4.74 Å². The van der Waals surface area contributed by atoms with Crippen molar-refractivity contribution in [1.29, 1.82) is 0 Å². The van der Waals surface area contributed by atoms with Crippen LogP contribution >= 0.6 is 0 Å². The summed E-state index contributed by atoms with van der Waals surface area (Å²) >= 11 is 0. The maximum Gasteiger partial charge on any atom is 0.158 e. The normalized spacial score (nSPS) is 21.8. The summed E-state index contributed by atoms with van der Waals surface area (Å²) in [6.45, 7) is 12.8. The minimum absolute atomic E-state index is 0.297. The molecule has 0 aliphatic carbocycles. The van der Waals surface area contributed by atoms with Crippen molar-refractivity contribution < 1.29 is 4.74 Å². The predicted molar refractivity (Wildman–Crippen MR) is 84.0 cm³/mol. The van der Waals surface area contributed by atoms with Crippen LogP contribution in [0.1, 0.15) is 27.2 Å². The molecule has 0 amide bonds. The summed E-state index contributed by atoms with van der Waals surface area (Å²) in [4.78, 5) is 2.31. The van der Waals surface area contributed by atoms with Crippen LogP contribution < -0.4 is 15.5 Å². The Kier molecular flexibility index (Phi) is 5.01. The minimum Gasteiger partial charge on any atom is -0.375 e. The van der Waals surface area contributed by atoms with Gasteiger partial charge in [-0.15, -0.1) is 0 Å². The third-order valence-electron chi connectivity index (χ3n) is 3.56. The molecule has 1 unspecified atom stereocenters. The van der Waals surface area contributed by atoms with Crippen molar-refractivity contribution in [1.82, 2.24) is 10.2 Å². The van der Waals surface area contributed by atoms with Crippen molar-refractivity contribution in [3.63, 3.8) is 0 Å².